The molecule has 0 bridgehead atoms. The van der Waals surface area contributed by atoms with Gasteiger partial charge in [-0.1, -0.05) is 152 Å². The maximum atomic E-state index is 6.86. The molecular formula is C50H47N3OPtS. The van der Waals surface area contributed by atoms with Crippen LogP contribution in [-0.4, -0.2) is 26.4 Å². The number of benzene rings is 5. The Morgan fingerprint density at radius 1 is 0.821 bits per heavy atom. The molecule has 2 aliphatic rings. The van der Waals surface area contributed by atoms with Crippen molar-refractivity contribution in [3.05, 3.63) is 166 Å². The first-order valence-corrected chi connectivity index (χ1v) is 20.4. The van der Waals surface area contributed by atoms with Gasteiger partial charge in [0.05, 0.1) is 6.04 Å². The van der Waals surface area contributed by atoms with E-state index in [2.05, 4.69) is 175 Å². The van der Waals surface area contributed by atoms with E-state index in [0.717, 1.165) is 38.6 Å². The van der Waals surface area contributed by atoms with Crippen molar-refractivity contribution in [1.82, 2.24) is 9.55 Å². The van der Waals surface area contributed by atoms with E-state index in [1.807, 2.05) is 18.0 Å². The number of rotatable bonds is 7. The first-order valence-electron chi connectivity index (χ1n) is 19.5. The third kappa shape index (κ3) is 6.55. The molecule has 0 radical (unpaired) electrons. The summed E-state index contributed by atoms with van der Waals surface area (Å²) in [5.74, 6) is 3.71. The standard InChI is InChI=1S/C50H47N3OS.Pt/c1-30(2)34-23-35(48-52-42(29-55-48)45(32-16-11-9-12-17-32)33-18-13-10-14-19-33)25-37(24-34)54-44-28-43-38(22-31(44)3)39-26-36(49(4,5)6)27-41-46(39)53(43)47-40(50(41,7)8)20-15-21-51-47;/h9-24,26-27,30,42,45H,29H2,1-8H3;/q-2;+2/t42-;/m0./s1. The number of hydrogen-bond donors (Lipinski definition) is 0. The van der Waals surface area contributed by atoms with Crippen molar-refractivity contribution >= 4 is 38.6 Å². The summed E-state index contributed by atoms with van der Waals surface area (Å²) >= 11 is 1.82. The number of aromatic nitrogens is 2. The van der Waals surface area contributed by atoms with E-state index >= 15 is 0 Å². The molecule has 0 spiro atoms. The molecule has 2 aromatic heterocycles. The van der Waals surface area contributed by atoms with Gasteiger partial charge in [0.2, 0.25) is 0 Å². The molecule has 0 unspecified atom stereocenters. The Morgan fingerprint density at radius 2 is 1.52 bits per heavy atom. The number of aryl methyl sites for hydroxylation is 1. The average Bonchev–Trinajstić information content (AvgIpc) is 3.78. The molecule has 9 rings (SSSR count). The van der Waals surface area contributed by atoms with Crippen LogP contribution in [0, 0.1) is 19.1 Å². The maximum Gasteiger partial charge on any atom is 2.00 e. The molecule has 0 aliphatic carbocycles. The number of aliphatic imine (C=N–C) groups is 1. The molecule has 1 atom stereocenters. The minimum atomic E-state index is -0.216. The quantitative estimate of drug-likeness (QED) is 0.150. The number of thioether (sulfide) groups is 1. The van der Waals surface area contributed by atoms with Crippen LogP contribution in [0.2, 0.25) is 0 Å². The minimum Gasteiger partial charge on any atom is -0.503 e. The van der Waals surface area contributed by atoms with Gasteiger partial charge in [-0.3, -0.25) is 0 Å². The molecule has 6 heteroatoms. The van der Waals surface area contributed by atoms with Crippen LogP contribution in [0.3, 0.4) is 0 Å². The Labute approximate surface area is 350 Å². The van der Waals surface area contributed by atoms with Crippen LogP contribution in [-0.2, 0) is 31.9 Å². The van der Waals surface area contributed by atoms with Crippen LogP contribution in [0.25, 0.3) is 27.6 Å². The molecule has 0 fully saturated rings. The number of fused-ring (bicyclic) bond motifs is 5. The van der Waals surface area contributed by atoms with Gasteiger partial charge < -0.3 is 14.3 Å². The number of pyridine rings is 1. The van der Waals surface area contributed by atoms with Crippen LogP contribution in [0.5, 0.6) is 11.5 Å². The molecule has 56 heavy (non-hydrogen) atoms. The normalized spacial score (nSPS) is 16.0. The predicted molar refractivity (Wildman–Crippen MR) is 230 cm³/mol. The predicted octanol–water partition coefficient (Wildman–Crippen LogP) is 12.6. The second-order valence-electron chi connectivity index (χ2n) is 17.1. The molecule has 5 aromatic carbocycles. The molecule has 2 aliphatic heterocycles. The van der Waals surface area contributed by atoms with Crippen molar-refractivity contribution < 1.29 is 25.8 Å². The largest absolute Gasteiger partial charge is 2.00 e. The van der Waals surface area contributed by atoms with Gasteiger partial charge in [-0.25, -0.2) is 4.98 Å². The van der Waals surface area contributed by atoms with E-state index in [9.17, 15) is 0 Å². The van der Waals surface area contributed by atoms with Gasteiger partial charge in [-0.05, 0) is 45.0 Å². The van der Waals surface area contributed by atoms with E-state index < -0.39 is 0 Å². The molecule has 4 nitrogen and oxygen atoms in total. The van der Waals surface area contributed by atoms with Gasteiger partial charge in [0, 0.05) is 50.9 Å². The van der Waals surface area contributed by atoms with Crippen LogP contribution in [0.15, 0.2) is 114 Å². The molecule has 0 amide bonds. The summed E-state index contributed by atoms with van der Waals surface area (Å²) in [6.45, 7) is 18.1. The van der Waals surface area contributed by atoms with Crippen molar-refractivity contribution in [2.75, 3.05) is 5.75 Å². The first-order chi connectivity index (χ1) is 26.4. The summed E-state index contributed by atoms with van der Waals surface area (Å²) in [5, 5.41) is 3.41. The summed E-state index contributed by atoms with van der Waals surface area (Å²) in [7, 11) is 0. The minimum absolute atomic E-state index is 0. The van der Waals surface area contributed by atoms with Gasteiger partial charge in [0.15, 0.2) is 0 Å². The van der Waals surface area contributed by atoms with Gasteiger partial charge >= 0.3 is 21.1 Å². The van der Waals surface area contributed by atoms with Gasteiger partial charge in [0.25, 0.3) is 0 Å². The molecule has 284 valence electrons. The molecule has 0 saturated heterocycles. The van der Waals surface area contributed by atoms with E-state index in [-0.39, 0.29) is 43.9 Å². The monoisotopic (exact) mass is 932 g/mol. The Hall–Kier alpha value is -4.44. The Bertz CT molecular complexity index is 2600. The fraction of sp³-hybridized carbons (Fsp3) is 0.280. The Kier molecular flexibility index (Phi) is 9.95. The third-order valence-electron chi connectivity index (χ3n) is 11.6. The SMILES string of the molecule is Cc1cc2c3cc(C(C)(C)C)cc4c3n(c2[c-]c1Oc1[c-]c(C2=N[C@H](C(c3ccccc3)c3ccccc3)CS2)cc(C(C)C)c1)-c1ncccc1C4(C)C.[Pt+2]. The van der Waals surface area contributed by atoms with Gasteiger partial charge in [0.1, 0.15) is 5.82 Å². The van der Waals surface area contributed by atoms with E-state index in [4.69, 9.17) is 14.7 Å². The zero-order valence-electron chi connectivity index (χ0n) is 33.3. The Balaban J connectivity index is 0.00000441. The van der Waals surface area contributed by atoms with Crippen LogP contribution in [0.1, 0.15) is 105 Å². The van der Waals surface area contributed by atoms with Crippen molar-refractivity contribution in [2.24, 2.45) is 4.99 Å². The molecular weight excluding hydrogens is 886 g/mol. The summed E-state index contributed by atoms with van der Waals surface area (Å²) in [5.41, 5.74) is 11.6. The van der Waals surface area contributed by atoms with E-state index in [1.165, 1.54) is 44.3 Å². The van der Waals surface area contributed by atoms with Gasteiger partial charge in [-0.2, -0.15) is 17.8 Å². The average molecular weight is 933 g/mol. The van der Waals surface area contributed by atoms with Crippen molar-refractivity contribution in [1.29, 1.82) is 0 Å². The summed E-state index contributed by atoms with van der Waals surface area (Å²) < 4.78 is 9.18. The van der Waals surface area contributed by atoms with Gasteiger partial charge in [-0.15, -0.1) is 34.2 Å². The second-order valence-corrected chi connectivity index (χ2v) is 18.1. The Morgan fingerprint density at radius 3 is 2.18 bits per heavy atom. The topological polar surface area (TPSA) is 39.4 Å². The fourth-order valence-electron chi connectivity index (χ4n) is 8.48. The number of hydrogen-bond acceptors (Lipinski definition) is 4. The van der Waals surface area contributed by atoms with E-state index in [0.29, 0.717) is 17.4 Å². The van der Waals surface area contributed by atoms with Crippen molar-refractivity contribution in [3.8, 4) is 17.3 Å². The first kappa shape index (κ1) is 38.4. The molecule has 0 N–H and O–H groups in total. The third-order valence-corrected chi connectivity index (χ3v) is 12.7. The van der Waals surface area contributed by atoms with Crippen molar-refractivity contribution in [3.63, 3.8) is 0 Å². The molecule has 7 aromatic rings. The molecule has 0 saturated carbocycles. The molecule has 4 heterocycles. The summed E-state index contributed by atoms with van der Waals surface area (Å²) in [6.07, 6.45) is 1.90. The summed E-state index contributed by atoms with van der Waals surface area (Å²) in [4.78, 5) is 10.4. The number of nitrogens with zero attached hydrogens (tertiary/aromatic N) is 3. The zero-order chi connectivity index (χ0) is 38.2. The fourth-order valence-corrected chi connectivity index (χ4v) is 9.55. The summed E-state index contributed by atoms with van der Waals surface area (Å²) in [6, 6.07) is 44.9. The van der Waals surface area contributed by atoms with Crippen molar-refractivity contribution in [2.45, 2.75) is 84.1 Å². The smallest absolute Gasteiger partial charge is 0.503 e. The van der Waals surface area contributed by atoms with Crippen LogP contribution < -0.4 is 4.74 Å². The number of ether oxygens (including phenoxy) is 1. The zero-order valence-corrected chi connectivity index (χ0v) is 36.4. The van der Waals surface area contributed by atoms with Crippen LogP contribution >= 0.6 is 11.8 Å². The van der Waals surface area contributed by atoms with E-state index in [1.54, 1.807) is 0 Å². The maximum absolute atomic E-state index is 6.86. The second kappa shape index (κ2) is 14.5. The van der Waals surface area contributed by atoms with Crippen LogP contribution in [0.4, 0.5) is 0 Å².